The molecule has 0 aliphatic carbocycles. The average molecular weight is 238 g/mol. The van der Waals surface area contributed by atoms with Crippen molar-refractivity contribution in [3.05, 3.63) is 53.6 Å². The highest BCUT2D eigenvalue weighted by Crippen LogP contribution is 2.34. The van der Waals surface area contributed by atoms with Crippen LogP contribution in [0.1, 0.15) is 18.1 Å². The maximum atomic E-state index is 2.29. The second kappa shape index (κ2) is 4.01. The van der Waals surface area contributed by atoms with Crippen molar-refractivity contribution in [2.75, 3.05) is 0 Å². The maximum Gasteiger partial charge on any atom is 0.0355 e. The molecular formula is C16H14S. The molecule has 2 aromatic carbocycles. The number of hydrogen-bond donors (Lipinski definition) is 0. The normalized spacial score (nSPS) is 11.9. The zero-order valence-electron chi connectivity index (χ0n) is 10.0. The van der Waals surface area contributed by atoms with Crippen LogP contribution in [0.5, 0.6) is 0 Å². The van der Waals surface area contributed by atoms with Gasteiger partial charge in [0.1, 0.15) is 0 Å². The van der Waals surface area contributed by atoms with E-state index in [1.807, 2.05) is 11.3 Å². The largest absolute Gasteiger partial charge is 0.135 e. The lowest BCUT2D eigenvalue weighted by atomic mass is 10.1. The standard InChI is InChI=1S/C16H14S/c1-3-4-12-6-8-16-14(10-12)13-9-11(2)5-7-15(13)17-16/h3-10H,1-2H3/b4-3+. The van der Waals surface area contributed by atoms with Gasteiger partial charge >= 0.3 is 0 Å². The summed E-state index contributed by atoms with van der Waals surface area (Å²) < 4.78 is 2.75. The van der Waals surface area contributed by atoms with Crippen molar-refractivity contribution in [1.82, 2.24) is 0 Å². The molecule has 0 aliphatic heterocycles. The summed E-state index contributed by atoms with van der Waals surface area (Å²) in [5.74, 6) is 0. The van der Waals surface area contributed by atoms with E-state index in [1.165, 1.54) is 31.3 Å². The summed E-state index contributed by atoms with van der Waals surface area (Å²) in [6, 6.07) is 13.4. The fourth-order valence-electron chi connectivity index (χ4n) is 2.20. The average Bonchev–Trinajstić information content (AvgIpc) is 2.67. The maximum absolute atomic E-state index is 2.29. The van der Waals surface area contributed by atoms with Crippen LogP contribution in [0.25, 0.3) is 26.2 Å². The molecule has 17 heavy (non-hydrogen) atoms. The van der Waals surface area contributed by atoms with Crippen LogP contribution in [0.2, 0.25) is 0 Å². The minimum Gasteiger partial charge on any atom is -0.135 e. The molecule has 0 radical (unpaired) electrons. The number of thiophene rings is 1. The highest BCUT2D eigenvalue weighted by molar-refractivity contribution is 7.25. The van der Waals surface area contributed by atoms with Crippen molar-refractivity contribution in [3.63, 3.8) is 0 Å². The number of rotatable bonds is 1. The molecule has 1 heterocycles. The molecule has 0 saturated heterocycles. The van der Waals surface area contributed by atoms with Gasteiger partial charge in [0.25, 0.3) is 0 Å². The summed E-state index contributed by atoms with van der Waals surface area (Å²) in [4.78, 5) is 0. The molecule has 0 atom stereocenters. The second-order valence-corrected chi connectivity index (χ2v) is 5.44. The molecule has 0 fully saturated rings. The van der Waals surface area contributed by atoms with Gasteiger partial charge in [0.05, 0.1) is 0 Å². The molecular weight excluding hydrogens is 224 g/mol. The van der Waals surface area contributed by atoms with E-state index in [0.717, 1.165) is 0 Å². The first kappa shape index (κ1) is 10.5. The third-order valence-electron chi connectivity index (χ3n) is 3.01. The van der Waals surface area contributed by atoms with Crippen LogP contribution in [0.15, 0.2) is 42.5 Å². The monoisotopic (exact) mass is 238 g/mol. The molecule has 1 heteroatoms. The lowest BCUT2D eigenvalue weighted by molar-refractivity contribution is 1.52. The van der Waals surface area contributed by atoms with Gasteiger partial charge in [-0.3, -0.25) is 0 Å². The van der Waals surface area contributed by atoms with Crippen LogP contribution in [-0.4, -0.2) is 0 Å². The van der Waals surface area contributed by atoms with Gasteiger partial charge in [0.2, 0.25) is 0 Å². The van der Waals surface area contributed by atoms with Crippen molar-refractivity contribution in [2.24, 2.45) is 0 Å². The Balaban J connectivity index is 2.39. The number of fused-ring (bicyclic) bond motifs is 3. The minimum atomic E-state index is 1.28. The number of allylic oxidation sites excluding steroid dienone is 1. The fourth-order valence-corrected chi connectivity index (χ4v) is 3.27. The molecule has 0 saturated carbocycles. The summed E-state index contributed by atoms with van der Waals surface area (Å²) in [5, 5.41) is 2.76. The Kier molecular flexibility index (Phi) is 2.49. The van der Waals surface area contributed by atoms with Crippen LogP contribution < -0.4 is 0 Å². The lowest BCUT2D eigenvalue weighted by Gasteiger charge is -1.96. The van der Waals surface area contributed by atoms with Gasteiger partial charge in [-0.15, -0.1) is 11.3 Å². The first-order valence-electron chi connectivity index (χ1n) is 5.83. The van der Waals surface area contributed by atoms with E-state index in [0.29, 0.717) is 0 Å². The highest BCUT2D eigenvalue weighted by Gasteiger charge is 2.04. The molecule has 0 amide bonds. The van der Waals surface area contributed by atoms with Crippen molar-refractivity contribution in [1.29, 1.82) is 0 Å². The van der Waals surface area contributed by atoms with Crippen molar-refractivity contribution < 1.29 is 0 Å². The van der Waals surface area contributed by atoms with E-state index in [2.05, 4.69) is 62.4 Å². The van der Waals surface area contributed by atoms with Gasteiger partial charge in [0, 0.05) is 20.2 Å². The Morgan fingerprint density at radius 1 is 0.941 bits per heavy atom. The fraction of sp³-hybridized carbons (Fsp3) is 0.125. The van der Waals surface area contributed by atoms with E-state index in [1.54, 1.807) is 0 Å². The SMILES string of the molecule is C/C=C/c1ccc2sc3ccc(C)cc3c2c1. The molecule has 0 N–H and O–H groups in total. The van der Waals surface area contributed by atoms with Gasteiger partial charge in [-0.05, 0) is 43.7 Å². The van der Waals surface area contributed by atoms with Crippen molar-refractivity contribution in [3.8, 4) is 0 Å². The quantitative estimate of drug-likeness (QED) is 0.532. The number of benzene rings is 2. The summed E-state index contributed by atoms with van der Waals surface area (Å²) in [5.41, 5.74) is 2.61. The molecule has 0 spiro atoms. The zero-order valence-corrected chi connectivity index (χ0v) is 10.8. The minimum absolute atomic E-state index is 1.28. The van der Waals surface area contributed by atoms with Crippen LogP contribution in [0.3, 0.4) is 0 Å². The first-order chi connectivity index (χ1) is 8.28. The molecule has 84 valence electrons. The van der Waals surface area contributed by atoms with Crippen LogP contribution >= 0.6 is 11.3 Å². The second-order valence-electron chi connectivity index (χ2n) is 4.36. The molecule has 0 bridgehead atoms. The third-order valence-corrected chi connectivity index (χ3v) is 4.16. The Bertz CT molecular complexity index is 717. The molecule has 1 aromatic heterocycles. The summed E-state index contributed by atoms with van der Waals surface area (Å²) in [7, 11) is 0. The molecule has 0 unspecified atom stereocenters. The van der Waals surface area contributed by atoms with Gasteiger partial charge in [-0.1, -0.05) is 29.8 Å². The third kappa shape index (κ3) is 1.77. The number of aryl methyl sites for hydroxylation is 1. The predicted molar refractivity (Wildman–Crippen MR) is 78.8 cm³/mol. The molecule has 0 nitrogen and oxygen atoms in total. The lowest BCUT2D eigenvalue weighted by Crippen LogP contribution is -1.73. The van der Waals surface area contributed by atoms with E-state index in [4.69, 9.17) is 0 Å². The summed E-state index contributed by atoms with van der Waals surface area (Å²) in [6.45, 7) is 4.21. The van der Waals surface area contributed by atoms with Crippen molar-refractivity contribution in [2.45, 2.75) is 13.8 Å². The zero-order chi connectivity index (χ0) is 11.8. The summed E-state index contributed by atoms with van der Waals surface area (Å²) >= 11 is 1.87. The van der Waals surface area contributed by atoms with Crippen LogP contribution in [0.4, 0.5) is 0 Å². The van der Waals surface area contributed by atoms with E-state index in [-0.39, 0.29) is 0 Å². The number of hydrogen-bond acceptors (Lipinski definition) is 1. The van der Waals surface area contributed by atoms with Crippen LogP contribution in [0, 0.1) is 6.92 Å². The first-order valence-corrected chi connectivity index (χ1v) is 6.65. The smallest absolute Gasteiger partial charge is 0.0355 e. The predicted octanol–water partition coefficient (Wildman–Crippen LogP) is 5.40. The highest BCUT2D eigenvalue weighted by atomic mass is 32.1. The topological polar surface area (TPSA) is 0 Å². The van der Waals surface area contributed by atoms with Crippen molar-refractivity contribution >= 4 is 37.6 Å². The van der Waals surface area contributed by atoms with E-state index in [9.17, 15) is 0 Å². The molecule has 0 aliphatic rings. The summed E-state index contributed by atoms with van der Waals surface area (Å²) in [6.07, 6.45) is 4.24. The van der Waals surface area contributed by atoms with Gasteiger partial charge < -0.3 is 0 Å². The Morgan fingerprint density at radius 2 is 1.65 bits per heavy atom. The van der Waals surface area contributed by atoms with Gasteiger partial charge in [0.15, 0.2) is 0 Å². The van der Waals surface area contributed by atoms with E-state index >= 15 is 0 Å². The Hall–Kier alpha value is -1.60. The Labute approximate surface area is 105 Å². The van der Waals surface area contributed by atoms with Crippen LogP contribution in [-0.2, 0) is 0 Å². The molecule has 3 rings (SSSR count). The van der Waals surface area contributed by atoms with E-state index < -0.39 is 0 Å². The Morgan fingerprint density at radius 3 is 2.41 bits per heavy atom. The molecule has 3 aromatic rings. The van der Waals surface area contributed by atoms with Gasteiger partial charge in [-0.25, -0.2) is 0 Å². The van der Waals surface area contributed by atoms with Gasteiger partial charge in [-0.2, -0.15) is 0 Å².